The van der Waals surface area contributed by atoms with Crippen molar-refractivity contribution in [3.63, 3.8) is 0 Å². The van der Waals surface area contributed by atoms with Crippen LogP contribution in [0, 0.1) is 17.6 Å². The number of nitrogens with zero attached hydrogens (tertiary/aromatic N) is 2. The highest BCUT2D eigenvalue weighted by Crippen LogP contribution is 2.47. The van der Waals surface area contributed by atoms with E-state index < -0.39 is 53.4 Å². The SMILES string of the molecule is COC(=O)Nc1cc2c(cc1F)C1(CC2)NC(=O)N(CC(=O)N2Cc3ccc(F)cc3CC[C@]2(O)C2CC2)C1=O. The fourth-order valence-electron chi connectivity index (χ4n) is 6.29. The van der Waals surface area contributed by atoms with E-state index >= 15 is 0 Å². The summed E-state index contributed by atoms with van der Waals surface area (Å²) in [5, 5.41) is 16.6. The van der Waals surface area contributed by atoms with Crippen molar-refractivity contribution in [2.45, 2.75) is 56.3 Å². The van der Waals surface area contributed by atoms with E-state index in [9.17, 15) is 33.1 Å². The van der Waals surface area contributed by atoms with Crippen molar-refractivity contribution in [1.29, 1.82) is 0 Å². The first kappa shape index (κ1) is 26.2. The number of amides is 5. The Labute approximate surface area is 228 Å². The minimum atomic E-state index is -1.55. The quantitative estimate of drug-likeness (QED) is 0.499. The summed E-state index contributed by atoms with van der Waals surface area (Å²) in [5.74, 6) is -2.67. The molecule has 2 fully saturated rings. The standard InChI is InChI=1S/C28H28F2N4O6/c1-40-26(38)31-22-11-16-6-8-27(20(16)12-21(22)30)24(36)33(25(37)32-27)14-23(35)34-13-17-2-5-19(29)10-15(17)7-9-28(34,39)18-3-4-18/h2,5,10-12,18,39H,3-4,6-9,13-14H2,1H3,(H,31,38)(H,32,37)/t27?,28-/m0/s1. The second kappa shape index (κ2) is 9.26. The molecule has 40 heavy (non-hydrogen) atoms. The van der Waals surface area contributed by atoms with Crippen molar-refractivity contribution in [2.75, 3.05) is 19.0 Å². The molecule has 1 spiro atoms. The van der Waals surface area contributed by atoms with Crippen LogP contribution in [0.25, 0.3) is 0 Å². The summed E-state index contributed by atoms with van der Waals surface area (Å²) < 4.78 is 33.3. The number of halogens is 2. The number of carbonyl (C=O) groups excluding carboxylic acids is 4. The fraction of sp³-hybridized carbons (Fsp3) is 0.429. The number of hydrogen-bond acceptors (Lipinski definition) is 6. The molecule has 1 unspecified atom stereocenters. The van der Waals surface area contributed by atoms with Crippen LogP contribution >= 0.6 is 0 Å². The smallest absolute Gasteiger partial charge is 0.411 e. The second-order valence-electron chi connectivity index (χ2n) is 10.9. The molecule has 2 aliphatic heterocycles. The van der Waals surface area contributed by atoms with Gasteiger partial charge in [0.15, 0.2) is 0 Å². The maximum atomic E-state index is 14.9. The summed E-state index contributed by atoms with van der Waals surface area (Å²) >= 11 is 0. The number of carbonyl (C=O) groups is 4. The number of benzene rings is 2. The van der Waals surface area contributed by atoms with E-state index in [1.807, 2.05) is 0 Å². The molecule has 1 saturated carbocycles. The van der Waals surface area contributed by atoms with Crippen molar-refractivity contribution < 1.29 is 37.8 Å². The predicted octanol–water partition coefficient (Wildman–Crippen LogP) is 2.91. The molecule has 2 heterocycles. The Kier molecular flexibility index (Phi) is 6.06. The van der Waals surface area contributed by atoms with Crippen molar-refractivity contribution in [3.8, 4) is 0 Å². The Morgan fingerprint density at radius 3 is 2.58 bits per heavy atom. The minimum absolute atomic E-state index is 0.0141. The van der Waals surface area contributed by atoms with Gasteiger partial charge < -0.3 is 20.1 Å². The molecule has 1 saturated heterocycles. The van der Waals surface area contributed by atoms with Crippen LogP contribution in [0.4, 0.5) is 24.1 Å². The lowest BCUT2D eigenvalue weighted by atomic mass is 9.91. The molecule has 3 N–H and O–H groups in total. The summed E-state index contributed by atoms with van der Waals surface area (Å²) in [5.41, 5.74) is -0.941. The third-order valence-electron chi connectivity index (χ3n) is 8.57. The van der Waals surface area contributed by atoms with Crippen molar-refractivity contribution in [1.82, 2.24) is 15.1 Å². The van der Waals surface area contributed by atoms with Gasteiger partial charge in [0.25, 0.3) is 5.91 Å². The molecule has 4 aliphatic rings. The number of aliphatic hydroxyl groups is 1. The molecular weight excluding hydrogens is 526 g/mol. The average molecular weight is 555 g/mol. The van der Waals surface area contributed by atoms with Gasteiger partial charge >= 0.3 is 12.1 Å². The lowest BCUT2D eigenvalue weighted by Crippen LogP contribution is -2.55. The van der Waals surface area contributed by atoms with Crippen LogP contribution in [0.1, 0.15) is 47.9 Å². The average Bonchev–Trinajstić information content (AvgIpc) is 3.71. The van der Waals surface area contributed by atoms with Crippen molar-refractivity contribution in [2.24, 2.45) is 5.92 Å². The number of imide groups is 1. The molecule has 2 aromatic rings. The van der Waals surface area contributed by atoms with Crippen LogP contribution in [0.15, 0.2) is 30.3 Å². The summed E-state index contributed by atoms with van der Waals surface area (Å²) in [7, 11) is 1.15. The number of nitrogens with one attached hydrogen (secondary N) is 2. The predicted molar refractivity (Wildman–Crippen MR) is 136 cm³/mol. The maximum absolute atomic E-state index is 14.9. The summed E-state index contributed by atoms with van der Waals surface area (Å²) in [6.07, 6.45) is 1.66. The Morgan fingerprint density at radius 2 is 1.85 bits per heavy atom. The lowest BCUT2D eigenvalue weighted by molar-refractivity contribution is -0.170. The third kappa shape index (κ3) is 4.09. The van der Waals surface area contributed by atoms with Gasteiger partial charge in [0.2, 0.25) is 5.91 Å². The zero-order valence-electron chi connectivity index (χ0n) is 21.8. The van der Waals surface area contributed by atoms with Crippen LogP contribution in [0.2, 0.25) is 0 Å². The van der Waals surface area contributed by atoms with Gasteiger partial charge in [-0.3, -0.25) is 19.8 Å². The Bertz CT molecular complexity index is 1460. The van der Waals surface area contributed by atoms with Gasteiger partial charge in [-0.1, -0.05) is 6.07 Å². The molecule has 10 nitrogen and oxygen atoms in total. The number of urea groups is 1. The highest BCUT2D eigenvalue weighted by atomic mass is 19.1. The van der Waals surface area contributed by atoms with Gasteiger partial charge in [-0.2, -0.15) is 0 Å². The lowest BCUT2D eigenvalue weighted by Gasteiger charge is -2.39. The Balaban J connectivity index is 1.27. The summed E-state index contributed by atoms with van der Waals surface area (Å²) in [6, 6.07) is 5.99. The monoisotopic (exact) mass is 554 g/mol. The summed E-state index contributed by atoms with van der Waals surface area (Å²) in [4.78, 5) is 54.2. The van der Waals surface area contributed by atoms with Gasteiger partial charge in [0, 0.05) is 12.5 Å². The van der Waals surface area contributed by atoms with E-state index in [1.54, 1.807) is 6.07 Å². The van der Waals surface area contributed by atoms with Crippen molar-refractivity contribution in [3.05, 3.63) is 64.2 Å². The highest BCUT2D eigenvalue weighted by molar-refractivity contribution is 6.10. The maximum Gasteiger partial charge on any atom is 0.411 e. The zero-order valence-corrected chi connectivity index (χ0v) is 21.8. The van der Waals surface area contributed by atoms with E-state index in [0.29, 0.717) is 29.5 Å². The fourth-order valence-corrected chi connectivity index (χ4v) is 6.29. The molecule has 0 radical (unpaired) electrons. The molecule has 2 aromatic carbocycles. The number of ether oxygens (including phenoxy) is 1. The van der Waals surface area contributed by atoms with Crippen LogP contribution in [0.3, 0.4) is 0 Å². The largest absolute Gasteiger partial charge is 0.453 e. The normalized spacial score (nSPS) is 25.4. The molecule has 210 valence electrons. The van der Waals surface area contributed by atoms with Crippen LogP contribution in [0.5, 0.6) is 0 Å². The molecular formula is C28H28F2N4O6. The molecule has 12 heteroatoms. The number of hydrogen-bond donors (Lipinski definition) is 3. The molecule has 0 aromatic heterocycles. The van der Waals surface area contributed by atoms with Gasteiger partial charge in [0.1, 0.15) is 29.4 Å². The van der Waals surface area contributed by atoms with Crippen LogP contribution < -0.4 is 10.6 Å². The Morgan fingerprint density at radius 1 is 1.10 bits per heavy atom. The first-order chi connectivity index (χ1) is 19.1. The number of rotatable bonds is 4. The number of aryl methyl sites for hydroxylation is 2. The Hall–Kier alpha value is -4.06. The first-order valence-electron chi connectivity index (χ1n) is 13.2. The molecule has 5 amide bonds. The van der Waals surface area contributed by atoms with E-state index in [0.717, 1.165) is 30.9 Å². The number of fused-ring (bicyclic) bond motifs is 3. The zero-order chi connectivity index (χ0) is 28.4. The third-order valence-corrected chi connectivity index (χ3v) is 8.57. The van der Waals surface area contributed by atoms with Gasteiger partial charge in [-0.25, -0.2) is 18.4 Å². The first-order valence-corrected chi connectivity index (χ1v) is 13.2. The number of methoxy groups -OCH3 is 1. The second-order valence-corrected chi connectivity index (χ2v) is 10.9. The molecule has 2 aliphatic carbocycles. The topological polar surface area (TPSA) is 128 Å². The van der Waals surface area contributed by atoms with Crippen LogP contribution in [-0.2, 0) is 39.3 Å². The van der Waals surface area contributed by atoms with E-state index in [1.165, 1.54) is 23.1 Å². The van der Waals surface area contributed by atoms with Gasteiger partial charge in [-0.15, -0.1) is 0 Å². The van der Waals surface area contributed by atoms with Crippen LogP contribution in [-0.4, -0.2) is 58.2 Å². The van der Waals surface area contributed by atoms with E-state index in [2.05, 4.69) is 15.4 Å². The number of anilines is 1. The molecule has 6 rings (SSSR count). The molecule has 0 bridgehead atoms. The van der Waals surface area contributed by atoms with E-state index in [-0.39, 0.29) is 36.6 Å². The van der Waals surface area contributed by atoms with Gasteiger partial charge in [0.05, 0.1) is 12.8 Å². The minimum Gasteiger partial charge on any atom is -0.453 e. The molecule has 2 atom stereocenters. The van der Waals surface area contributed by atoms with Gasteiger partial charge in [-0.05, 0) is 85.0 Å². The van der Waals surface area contributed by atoms with E-state index in [4.69, 9.17) is 0 Å². The van der Waals surface area contributed by atoms with Crippen molar-refractivity contribution >= 4 is 29.6 Å². The highest BCUT2D eigenvalue weighted by Gasteiger charge is 2.57. The summed E-state index contributed by atoms with van der Waals surface area (Å²) in [6.45, 7) is -0.599.